The summed E-state index contributed by atoms with van der Waals surface area (Å²) in [7, 11) is 4.34. The quantitative estimate of drug-likeness (QED) is 0.896. The van der Waals surface area contributed by atoms with Crippen LogP contribution < -0.4 is 5.32 Å². The number of furan rings is 1. The third-order valence-electron chi connectivity index (χ3n) is 4.98. The molecule has 1 N–H and O–H groups in total. The summed E-state index contributed by atoms with van der Waals surface area (Å²) in [6, 6.07) is 2.75. The molecule has 0 aromatic carbocycles. The molecule has 4 unspecified atom stereocenters. The van der Waals surface area contributed by atoms with Crippen molar-refractivity contribution in [2.24, 2.45) is 17.8 Å². The first-order valence-electron chi connectivity index (χ1n) is 7.90. The van der Waals surface area contributed by atoms with E-state index in [1.807, 2.05) is 6.92 Å². The van der Waals surface area contributed by atoms with Gasteiger partial charge in [-0.15, -0.1) is 0 Å². The first-order valence-corrected chi connectivity index (χ1v) is 7.90. The van der Waals surface area contributed by atoms with Gasteiger partial charge in [-0.1, -0.05) is 13.8 Å². The number of nitrogens with zero attached hydrogens (tertiary/aromatic N) is 1. The van der Waals surface area contributed by atoms with E-state index in [-0.39, 0.29) is 0 Å². The van der Waals surface area contributed by atoms with Crippen molar-refractivity contribution >= 4 is 0 Å². The molecule has 1 aliphatic carbocycles. The van der Waals surface area contributed by atoms with Crippen molar-refractivity contribution < 1.29 is 4.42 Å². The van der Waals surface area contributed by atoms with Gasteiger partial charge in [0.05, 0.1) is 6.26 Å². The summed E-state index contributed by atoms with van der Waals surface area (Å²) >= 11 is 0. The van der Waals surface area contributed by atoms with Gasteiger partial charge in [0.15, 0.2) is 0 Å². The van der Waals surface area contributed by atoms with Crippen LogP contribution in [0, 0.1) is 24.7 Å². The molecule has 1 aromatic heterocycles. The third-order valence-corrected chi connectivity index (χ3v) is 4.98. The lowest BCUT2D eigenvalue weighted by atomic mass is 9.72. The maximum Gasteiger partial charge on any atom is 0.105 e. The summed E-state index contributed by atoms with van der Waals surface area (Å²) in [5.41, 5.74) is 1.31. The minimum atomic E-state index is 0.654. The van der Waals surface area contributed by atoms with Gasteiger partial charge in [-0.05, 0) is 57.7 Å². The zero-order chi connectivity index (χ0) is 14.7. The second kappa shape index (κ2) is 6.77. The molecule has 0 aliphatic heterocycles. The SMILES string of the molecule is CNC1CC(C)CC(C)C1CN(C)Cc1ccoc1C. The second-order valence-corrected chi connectivity index (χ2v) is 6.81. The van der Waals surface area contributed by atoms with Crippen molar-refractivity contribution in [3.63, 3.8) is 0 Å². The molecule has 3 nitrogen and oxygen atoms in total. The first-order chi connectivity index (χ1) is 9.51. The van der Waals surface area contributed by atoms with Crippen molar-refractivity contribution in [1.82, 2.24) is 10.2 Å². The van der Waals surface area contributed by atoms with E-state index in [9.17, 15) is 0 Å². The summed E-state index contributed by atoms with van der Waals surface area (Å²) in [5, 5.41) is 3.55. The molecular formula is C17H30N2O. The number of rotatable bonds is 5. The molecule has 3 heteroatoms. The zero-order valence-electron chi connectivity index (χ0n) is 13.6. The fourth-order valence-corrected chi connectivity index (χ4v) is 3.84. The van der Waals surface area contributed by atoms with Crippen molar-refractivity contribution in [2.75, 3.05) is 20.6 Å². The maximum absolute atomic E-state index is 5.39. The minimum absolute atomic E-state index is 0.654. The zero-order valence-corrected chi connectivity index (χ0v) is 13.6. The maximum atomic E-state index is 5.39. The highest BCUT2D eigenvalue weighted by Gasteiger charge is 2.33. The normalized spacial score (nSPS) is 30.9. The molecular weight excluding hydrogens is 248 g/mol. The summed E-state index contributed by atoms with van der Waals surface area (Å²) in [5.74, 6) is 3.44. The Hall–Kier alpha value is -0.800. The topological polar surface area (TPSA) is 28.4 Å². The van der Waals surface area contributed by atoms with E-state index >= 15 is 0 Å². The summed E-state index contributed by atoms with van der Waals surface area (Å²) in [6.45, 7) is 8.99. The molecule has 1 saturated carbocycles. The van der Waals surface area contributed by atoms with Gasteiger partial charge in [-0.25, -0.2) is 0 Å². The van der Waals surface area contributed by atoms with Crippen LogP contribution in [0.15, 0.2) is 16.7 Å². The van der Waals surface area contributed by atoms with Gasteiger partial charge in [-0.3, -0.25) is 0 Å². The highest BCUT2D eigenvalue weighted by molar-refractivity contribution is 5.15. The molecule has 2 rings (SSSR count). The van der Waals surface area contributed by atoms with E-state index in [0.29, 0.717) is 6.04 Å². The van der Waals surface area contributed by atoms with Crippen LogP contribution in [0.2, 0.25) is 0 Å². The van der Waals surface area contributed by atoms with Crippen LogP contribution in [0.5, 0.6) is 0 Å². The number of aryl methyl sites for hydroxylation is 1. The van der Waals surface area contributed by atoms with Crippen molar-refractivity contribution in [1.29, 1.82) is 0 Å². The monoisotopic (exact) mass is 278 g/mol. The van der Waals surface area contributed by atoms with E-state index in [1.165, 1.54) is 18.4 Å². The smallest absolute Gasteiger partial charge is 0.105 e. The Morgan fingerprint density at radius 2 is 2.10 bits per heavy atom. The van der Waals surface area contributed by atoms with Gasteiger partial charge < -0.3 is 14.6 Å². The van der Waals surface area contributed by atoms with E-state index in [0.717, 1.165) is 36.6 Å². The van der Waals surface area contributed by atoms with Crippen molar-refractivity contribution in [2.45, 2.75) is 46.2 Å². The van der Waals surface area contributed by atoms with E-state index in [4.69, 9.17) is 4.42 Å². The lowest BCUT2D eigenvalue weighted by Crippen LogP contribution is -2.47. The molecule has 0 bridgehead atoms. The van der Waals surface area contributed by atoms with Gasteiger partial charge in [0.1, 0.15) is 5.76 Å². The lowest BCUT2D eigenvalue weighted by Gasteiger charge is -2.41. The van der Waals surface area contributed by atoms with E-state index < -0.39 is 0 Å². The van der Waals surface area contributed by atoms with Crippen LogP contribution in [0.1, 0.15) is 38.0 Å². The molecule has 1 heterocycles. The van der Waals surface area contributed by atoms with Crippen LogP contribution in [-0.2, 0) is 6.54 Å². The Bertz CT molecular complexity index is 415. The molecule has 1 aliphatic rings. The fraction of sp³-hybridized carbons (Fsp3) is 0.765. The molecule has 1 aromatic rings. The van der Waals surface area contributed by atoms with Gasteiger partial charge in [0.25, 0.3) is 0 Å². The molecule has 4 atom stereocenters. The summed E-state index contributed by atoms with van der Waals surface area (Å²) in [6.07, 6.45) is 4.46. The fourth-order valence-electron chi connectivity index (χ4n) is 3.84. The average molecular weight is 278 g/mol. The highest BCUT2D eigenvalue weighted by atomic mass is 16.3. The molecule has 0 amide bonds. The number of hydrogen-bond acceptors (Lipinski definition) is 3. The Morgan fingerprint density at radius 3 is 2.70 bits per heavy atom. The minimum Gasteiger partial charge on any atom is -0.469 e. The average Bonchev–Trinajstić information content (AvgIpc) is 2.78. The largest absolute Gasteiger partial charge is 0.469 e. The standard InChI is InChI=1S/C17H30N2O/c1-12-8-13(2)16(17(9-12)18-4)11-19(5)10-15-6-7-20-14(15)3/h6-7,12-13,16-18H,8-11H2,1-5H3. The molecule has 0 spiro atoms. The molecule has 114 valence electrons. The number of hydrogen-bond donors (Lipinski definition) is 1. The molecule has 20 heavy (non-hydrogen) atoms. The lowest BCUT2D eigenvalue weighted by molar-refractivity contribution is 0.113. The molecule has 0 saturated heterocycles. The number of nitrogens with one attached hydrogen (secondary N) is 1. The van der Waals surface area contributed by atoms with Crippen LogP contribution >= 0.6 is 0 Å². The van der Waals surface area contributed by atoms with Crippen LogP contribution in [-0.4, -0.2) is 31.6 Å². The van der Waals surface area contributed by atoms with Crippen LogP contribution in [0.3, 0.4) is 0 Å². The Kier molecular flexibility index (Phi) is 5.28. The van der Waals surface area contributed by atoms with Crippen LogP contribution in [0.4, 0.5) is 0 Å². The first kappa shape index (κ1) is 15.6. The van der Waals surface area contributed by atoms with Gasteiger partial charge in [0, 0.05) is 24.7 Å². The van der Waals surface area contributed by atoms with Gasteiger partial charge in [-0.2, -0.15) is 0 Å². The molecule has 1 fully saturated rings. The van der Waals surface area contributed by atoms with Gasteiger partial charge >= 0.3 is 0 Å². The molecule has 0 radical (unpaired) electrons. The van der Waals surface area contributed by atoms with Crippen molar-refractivity contribution in [3.05, 3.63) is 23.7 Å². The van der Waals surface area contributed by atoms with E-state index in [2.05, 4.69) is 44.2 Å². The summed E-state index contributed by atoms with van der Waals surface area (Å²) < 4.78 is 5.39. The Balaban J connectivity index is 1.95. The van der Waals surface area contributed by atoms with E-state index in [1.54, 1.807) is 6.26 Å². The third kappa shape index (κ3) is 3.64. The highest BCUT2D eigenvalue weighted by Crippen LogP contribution is 2.34. The van der Waals surface area contributed by atoms with Crippen molar-refractivity contribution in [3.8, 4) is 0 Å². The Morgan fingerprint density at radius 1 is 1.35 bits per heavy atom. The van der Waals surface area contributed by atoms with Crippen LogP contribution in [0.25, 0.3) is 0 Å². The Labute approximate surface area is 123 Å². The summed E-state index contributed by atoms with van der Waals surface area (Å²) in [4.78, 5) is 2.44. The predicted octanol–water partition coefficient (Wildman–Crippen LogP) is 3.29. The predicted molar refractivity (Wildman–Crippen MR) is 83.7 cm³/mol. The van der Waals surface area contributed by atoms with Gasteiger partial charge in [0.2, 0.25) is 0 Å². The second-order valence-electron chi connectivity index (χ2n) is 6.81.